The summed E-state index contributed by atoms with van der Waals surface area (Å²) in [4.78, 5) is 20.7. The van der Waals surface area contributed by atoms with E-state index in [0.29, 0.717) is 17.1 Å². The molecule has 0 atom stereocenters. The summed E-state index contributed by atoms with van der Waals surface area (Å²) in [5.74, 6) is 0.840. The van der Waals surface area contributed by atoms with Crippen molar-refractivity contribution < 1.29 is 14.3 Å². The van der Waals surface area contributed by atoms with Crippen LogP contribution < -0.4 is 10.1 Å². The molecular formula is C23H19N3O3S. The molecule has 0 spiro atoms. The van der Waals surface area contributed by atoms with Crippen LogP contribution in [0.2, 0.25) is 0 Å². The first-order valence-electron chi connectivity index (χ1n) is 9.24. The average molecular weight is 417 g/mol. The summed E-state index contributed by atoms with van der Waals surface area (Å²) in [5.41, 5.74) is 3.00. The van der Waals surface area contributed by atoms with E-state index in [0.717, 1.165) is 27.0 Å². The number of esters is 1. The van der Waals surface area contributed by atoms with E-state index >= 15 is 0 Å². The van der Waals surface area contributed by atoms with Crippen molar-refractivity contribution in [3.63, 3.8) is 0 Å². The smallest absolute Gasteiger partial charge is 0.337 e. The van der Waals surface area contributed by atoms with Crippen LogP contribution >= 0.6 is 11.3 Å². The largest absolute Gasteiger partial charge is 0.465 e. The molecule has 2 heterocycles. The number of ether oxygens (including phenoxy) is 2. The summed E-state index contributed by atoms with van der Waals surface area (Å²) in [6.45, 7) is 1.96. The molecule has 1 N–H and O–H groups in total. The summed E-state index contributed by atoms with van der Waals surface area (Å²) in [6, 6.07) is 20.6. The molecule has 6 nitrogen and oxygen atoms in total. The zero-order valence-electron chi connectivity index (χ0n) is 16.5. The number of nitrogens with one attached hydrogen (secondary N) is 1. The number of anilines is 2. The molecule has 0 aliphatic rings. The van der Waals surface area contributed by atoms with Crippen LogP contribution in [-0.4, -0.2) is 23.0 Å². The van der Waals surface area contributed by atoms with Gasteiger partial charge in [0.1, 0.15) is 17.3 Å². The van der Waals surface area contributed by atoms with Crippen molar-refractivity contribution in [3.8, 4) is 22.1 Å². The minimum atomic E-state index is -0.391. The zero-order valence-corrected chi connectivity index (χ0v) is 17.3. The normalized spacial score (nSPS) is 10.5. The van der Waals surface area contributed by atoms with Crippen molar-refractivity contribution in [2.75, 3.05) is 12.4 Å². The molecule has 0 aliphatic carbocycles. The van der Waals surface area contributed by atoms with Crippen molar-refractivity contribution in [3.05, 3.63) is 83.5 Å². The van der Waals surface area contributed by atoms with Crippen LogP contribution in [0.5, 0.6) is 10.8 Å². The monoisotopic (exact) mass is 417 g/mol. The Bertz CT molecular complexity index is 1180. The third-order valence-electron chi connectivity index (χ3n) is 4.25. The lowest BCUT2D eigenvalue weighted by Crippen LogP contribution is -2.02. The molecule has 0 bridgehead atoms. The number of nitrogens with zero attached hydrogens (tertiary/aromatic N) is 2. The fraction of sp³-hybridized carbons (Fsp3) is 0.0870. The van der Waals surface area contributed by atoms with E-state index in [-0.39, 0.29) is 0 Å². The molecule has 0 amide bonds. The van der Waals surface area contributed by atoms with Gasteiger partial charge in [-0.2, -0.15) is 0 Å². The van der Waals surface area contributed by atoms with Gasteiger partial charge in [0.15, 0.2) is 0 Å². The molecule has 30 heavy (non-hydrogen) atoms. The van der Waals surface area contributed by atoms with Crippen molar-refractivity contribution in [1.29, 1.82) is 0 Å². The maximum absolute atomic E-state index is 11.7. The summed E-state index contributed by atoms with van der Waals surface area (Å²) in [5, 5.41) is 4.84. The van der Waals surface area contributed by atoms with E-state index < -0.39 is 5.97 Å². The Morgan fingerprint density at radius 1 is 1.03 bits per heavy atom. The maximum Gasteiger partial charge on any atom is 0.337 e. The van der Waals surface area contributed by atoms with Gasteiger partial charge in [0, 0.05) is 23.5 Å². The number of thiazole rings is 1. The van der Waals surface area contributed by atoms with E-state index in [9.17, 15) is 4.79 Å². The molecule has 0 fully saturated rings. The molecule has 0 aliphatic heterocycles. The molecular weight excluding hydrogens is 398 g/mol. The molecule has 0 saturated carbocycles. The Balaban J connectivity index is 1.56. The maximum atomic E-state index is 11.7. The third kappa shape index (κ3) is 4.47. The number of rotatable bonds is 6. The second kappa shape index (κ2) is 8.75. The third-order valence-corrected chi connectivity index (χ3v) is 5.10. The second-order valence-electron chi connectivity index (χ2n) is 6.41. The molecule has 0 radical (unpaired) electrons. The zero-order chi connectivity index (χ0) is 20.9. The lowest BCUT2D eigenvalue weighted by atomic mass is 10.2. The van der Waals surface area contributed by atoms with E-state index in [4.69, 9.17) is 9.47 Å². The average Bonchev–Trinajstić information content (AvgIpc) is 3.14. The summed E-state index contributed by atoms with van der Waals surface area (Å²) >= 11 is 1.50. The van der Waals surface area contributed by atoms with Gasteiger partial charge in [-0.05, 0) is 31.2 Å². The summed E-state index contributed by atoms with van der Waals surface area (Å²) in [7, 11) is 1.36. The number of pyridine rings is 1. The van der Waals surface area contributed by atoms with Gasteiger partial charge >= 0.3 is 5.97 Å². The van der Waals surface area contributed by atoms with Crippen LogP contribution in [0.3, 0.4) is 0 Å². The molecule has 2 aromatic heterocycles. The standard InChI is InChI=1S/C23H19N3O3S/c1-15-25-21(16-7-4-3-5-8-16)23(30-15)29-19-11-12-24-20(14-19)26-18-10-6-9-17(13-18)22(27)28-2/h3-14H,1-2H3,(H,24,26). The number of carbonyl (C=O) groups excluding carboxylic acids is 1. The van der Waals surface area contributed by atoms with Crippen LogP contribution in [0.15, 0.2) is 72.9 Å². The van der Waals surface area contributed by atoms with E-state index in [2.05, 4.69) is 15.3 Å². The van der Waals surface area contributed by atoms with Crippen LogP contribution in [0.1, 0.15) is 15.4 Å². The Morgan fingerprint density at radius 3 is 2.67 bits per heavy atom. The van der Waals surface area contributed by atoms with Gasteiger partial charge in [-0.1, -0.05) is 47.7 Å². The number of carbonyl (C=O) groups is 1. The molecule has 2 aromatic carbocycles. The number of methoxy groups -OCH3 is 1. The minimum absolute atomic E-state index is 0.391. The second-order valence-corrected chi connectivity index (χ2v) is 7.58. The highest BCUT2D eigenvalue weighted by Gasteiger charge is 2.14. The first-order chi connectivity index (χ1) is 14.6. The Kier molecular flexibility index (Phi) is 5.72. The van der Waals surface area contributed by atoms with Gasteiger partial charge < -0.3 is 14.8 Å². The number of hydrogen-bond acceptors (Lipinski definition) is 7. The molecule has 0 saturated heterocycles. The van der Waals surface area contributed by atoms with Crippen LogP contribution in [0.25, 0.3) is 11.3 Å². The lowest BCUT2D eigenvalue weighted by molar-refractivity contribution is 0.0601. The van der Waals surface area contributed by atoms with Crippen molar-refractivity contribution in [1.82, 2.24) is 9.97 Å². The van der Waals surface area contributed by atoms with E-state index in [1.165, 1.54) is 18.4 Å². The number of hydrogen-bond donors (Lipinski definition) is 1. The predicted molar refractivity (Wildman–Crippen MR) is 118 cm³/mol. The van der Waals surface area contributed by atoms with Gasteiger partial charge in [-0.25, -0.2) is 14.8 Å². The van der Waals surface area contributed by atoms with Crippen molar-refractivity contribution in [2.24, 2.45) is 0 Å². The van der Waals surface area contributed by atoms with Crippen LogP contribution in [0, 0.1) is 6.92 Å². The highest BCUT2D eigenvalue weighted by atomic mass is 32.1. The molecule has 4 rings (SSSR count). The highest BCUT2D eigenvalue weighted by Crippen LogP contribution is 2.38. The summed E-state index contributed by atoms with van der Waals surface area (Å²) < 4.78 is 10.9. The first kappa shape index (κ1) is 19.6. The van der Waals surface area contributed by atoms with Gasteiger partial charge in [-0.3, -0.25) is 0 Å². The first-order valence-corrected chi connectivity index (χ1v) is 10.1. The van der Waals surface area contributed by atoms with Crippen molar-refractivity contribution in [2.45, 2.75) is 6.92 Å². The topological polar surface area (TPSA) is 73.3 Å². The van der Waals surface area contributed by atoms with E-state index in [1.807, 2.05) is 43.3 Å². The van der Waals surface area contributed by atoms with Crippen LogP contribution in [-0.2, 0) is 4.74 Å². The molecule has 150 valence electrons. The number of aryl methyl sites for hydroxylation is 1. The fourth-order valence-corrected chi connectivity index (χ4v) is 3.70. The van der Waals surface area contributed by atoms with E-state index in [1.54, 1.807) is 36.5 Å². The Hall–Kier alpha value is -3.71. The fourth-order valence-electron chi connectivity index (χ4n) is 2.90. The van der Waals surface area contributed by atoms with Gasteiger partial charge in [-0.15, -0.1) is 0 Å². The van der Waals surface area contributed by atoms with Crippen LogP contribution in [0.4, 0.5) is 11.5 Å². The van der Waals surface area contributed by atoms with Gasteiger partial charge in [0.05, 0.1) is 17.7 Å². The molecule has 4 aromatic rings. The highest BCUT2D eigenvalue weighted by molar-refractivity contribution is 7.13. The van der Waals surface area contributed by atoms with Gasteiger partial charge in [0.25, 0.3) is 0 Å². The lowest BCUT2D eigenvalue weighted by Gasteiger charge is -2.09. The minimum Gasteiger partial charge on any atom is -0.465 e. The SMILES string of the molecule is COC(=O)c1cccc(Nc2cc(Oc3sc(C)nc3-c3ccccc3)ccn2)c1. The Labute approximate surface area is 178 Å². The number of benzene rings is 2. The number of aromatic nitrogens is 2. The molecule has 0 unspecified atom stereocenters. The molecule has 7 heteroatoms. The van der Waals surface area contributed by atoms with Crippen molar-refractivity contribution >= 4 is 28.8 Å². The summed E-state index contributed by atoms with van der Waals surface area (Å²) in [6.07, 6.45) is 1.66. The quantitative estimate of drug-likeness (QED) is 0.398. The van der Waals surface area contributed by atoms with Gasteiger partial charge in [0.2, 0.25) is 5.06 Å². The Morgan fingerprint density at radius 2 is 1.87 bits per heavy atom. The predicted octanol–water partition coefficient (Wildman–Crippen LogP) is 5.84.